The Labute approximate surface area is 178 Å². The van der Waals surface area contributed by atoms with Gasteiger partial charge in [0.25, 0.3) is 5.89 Å². The molecule has 158 valence electrons. The molecule has 1 saturated carbocycles. The van der Waals surface area contributed by atoms with Crippen molar-refractivity contribution in [3.8, 4) is 11.5 Å². The smallest absolute Gasteiger partial charge is 0.261 e. The molecule has 2 aromatic heterocycles. The number of anilines is 1. The van der Waals surface area contributed by atoms with E-state index in [0.717, 1.165) is 41.8 Å². The zero-order valence-electron chi connectivity index (χ0n) is 18.0. The van der Waals surface area contributed by atoms with Gasteiger partial charge in [-0.25, -0.2) is 4.98 Å². The number of fused-ring (bicyclic) bond motifs is 1. The quantitative estimate of drug-likeness (QED) is 0.677. The predicted molar refractivity (Wildman–Crippen MR) is 120 cm³/mol. The lowest BCUT2D eigenvalue weighted by atomic mass is 9.89. The van der Waals surface area contributed by atoms with Crippen molar-refractivity contribution in [1.82, 2.24) is 20.4 Å². The van der Waals surface area contributed by atoms with Gasteiger partial charge in [-0.15, -0.1) is 0 Å². The van der Waals surface area contributed by atoms with Gasteiger partial charge in [-0.2, -0.15) is 4.98 Å². The molecule has 1 aliphatic heterocycles. The largest absolute Gasteiger partial charge is 0.356 e. The molecule has 5 rings (SSSR count). The molecule has 1 aliphatic carbocycles. The van der Waals surface area contributed by atoms with Crippen LogP contribution in [0.2, 0.25) is 0 Å². The molecule has 6 nitrogen and oxygen atoms in total. The fourth-order valence-electron chi connectivity index (χ4n) is 5.07. The van der Waals surface area contributed by atoms with Gasteiger partial charge < -0.3 is 14.7 Å². The first-order valence-corrected chi connectivity index (χ1v) is 11.4. The van der Waals surface area contributed by atoms with Gasteiger partial charge in [0.1, 0.15) is 5.82 Å². The fraction of sp³-hybridized carbons (Fsp3) is 0.542. The summed E-state index contributed by atoms with van der Waals surface area (Å²) in [5.41, 5.74) is 1.93. The Hall–Kier alpha value is -2.47. The highest BCUT2D eigenvalue weighted by atomic mass is 16.5. The monoisotopic (exact) mass is 405 g/mol. The number of aryl methyl sites for hydroxylation is 1. The third kappa shape index (κ3) is 3.93. The van der Waals surface area contributed by atoms with Crippen LogP contribution in [0.3, 0.4) is 0 Å². The second-order valence-electron chi connectivity index (χ2n) is 9.02. The zero-order valence-corrected chi connectivity index (χ0v) is 18.0. The van der Waals surface area contributed by atoms with Crippen LogP contribution in [0, 0.1) is 12.8 Å². The number of benzene rings is 1. The Balaban J connectivity index is 1.41. The summed E-state index contributed by atoms with van der Waals surface area (Å²) in [5, 5.41) is 9.07. The standard InChI is InChI=1S/C24H31N5O/c1-16-15-29(13-12-21(16)26-19-9-4-3-5-10-19)23-20(24-25-17(2)28-30-24)14-18-8-6-7-11-22(18)27-23/h6-8,11,14,16,19,21,26H,3-5,9-10,12-13,15H2,1-2H3. The van der Waals surface area contributed by atoms with E-state index in [4.69, 9.17) is 9.51 Å². The van der Waals surface area contributed by atoms with Crippen LogP contribution in [0.4, 0.5) is 5.82 Å². The van der Waals surface area contributed by atoms with E-state index in [9.17, 15) is 0 Å². The molecule has 2 aliphatic rings. The minimum Gasteiger partial charge on any atom is -0.356 e. The second kappa shape index (κ2) is 8.34. The maximum absolute atomic E-state index is 5.54. The molecule has 3 heterocycles. The van der Waals surface area contributed by atoms with E-state index in [1.807, 2.05) is 19.1 Å². The normalized spacial score (nSPS) is 23.2. The van der Waals surface area contributed by atoms with Gasteiger partial charge in [-0.1, -0.05) is 49.5 Å². The van der Waals surface area contributed by atoms with E-state index in [2.05, 4.69) is 45.5 Å². The van der Waals surface area contributed by atoms with Crippen molar-refractivity contribution >= 4 is 16.7 Å². The molecule has 6 heteroatoms. The van der Waals surface area contributed by atoms with Crippen molar-refractivity contribution in [2.45, 2.75) is 64.5 Å². The lowest BCUT2D eigenvalue weighted by molar-refractivity contribution is 0.259. The minimum atomic E-state index is 0.552. The van der Waals surface area contributed by atoms with Crippen molar-refractivity contribution in [2.75, 3.05) is 18.0 Å². The summed E-state index contributed by atoms with van der Waals surface area (Å²) in [6.45, 7) is 6.19. The lowest BCUT2D eigenvalue weighted by Crippen LogP contribution is -2.51. The summed E-state index contributed by atoms with van der Waals surface area (Å²) in [4.78, 5) is 11.9. The zero-order chi connectivity index (χ0) is 20.5. The van der Waals surface area contributed by atoms with Crippen LogP contribution in [0.15, 0.2) is 34.9 Å². The summed E-state index contributed by atoms with van der Waals surface area (Å²) in [7, 11) is 0. The molecule has 2 atom stereocenters. The average molecular weight is 406 g/mol. The first-order valence-electron chi connectivity index (χ1n) is 11.4. The van der Waals surface area contributed by atoms with Gasteiger partial charge in [0, 0.05) is 30.6 Å². The number of rotatable bonds is 4. The van der Waals surface area contributed by atoms with Crippen LogP contribution < -0.4 is 10.2 Å². The SMILES string of the molecule is Cc1noc(-c2cc3ccccc3nc2N2CCC(NC3CCCCC3)C(C)C2)n1. The number of hydrogen-bond acceptors (Lipinski definition) is 6. The summed E-state index contributed by atoms with van der Waals surface area (Å²) < 4.78 is 5.54. The number of hydrogen-bond donors (Lipinski definition) is 1. The van der Waals surface area contributed by atoms with E-state index in [1.165, 1.54) is 32.1 Å². The van der Waals surface area contributed by atoms with Crippen LogP contribution in [0.1, 0.15) is 51.3 Å². The van der Waals surface area contributed by atoms with Crippen LogP contribution in [-0.2, 0) is 0 Å². The number of nitrogens with zero attached hydrogens (tertiary/aromatic N) is 4. The highest BCUT2D eigenvalue weighted by Crippen LogP contribution is 2.34. The molecule has 0 amide bonds. The molecule has 30 heavy (non-hydrogen) atoms. The van der Waals surface area contributed by atoms with Gasteiger partial charge in [-0.05, 0) is 44.2 Å². The summed E-state index contributed by atoms with van der Waals surface area (Å²) in [5.74, 6) is 2.72. The third-order valence-electron chi connectivity index (χ3n) is 6.72. The van der Waals surface area contributed by atoms with Crippen LogP contribution >= 0.6 is 0 Å². The number of piperidine rings is 1. The first-order chi connectivity index (χ1) is 14.7. The van der Waals surface area contributed by atoms with E-state index in [-0.39, 0.29) is 0 Å². The third-order valence-corrected chi connectivity index (χ3v) is 6.72. The summed E-state index contributed by atoms with van der Waals surface area (Å²) in [6.07, 6.45) is 7.95. The summed E-state index contributed by atoms with van der Waals surface area (Å²) >= 11 is 0. The van der Waals surface area contributed by atoms with Gasteiger partial charge >= 0.3 is 0 Å². The topological polar surface area (TPSA) is 67.1 Å². The molecule has 1 aromatic carbocycles. The molecule has 2 fully saturated rings. The van der Waals surface area contributed by atoms with E-state index >= 15 is 0 Å². The number of pyridine rings is 1. The highest BCUT2D eigenvalue weighted by molar-refractivity contribution is 5.87. The molecular formula is C24H31N5O. The van der Waals surface area contributed by atoms with Crippen molar-refractivity contribution in [1.29, 1.82) is 0 Å². The van der Waals surface area contributed by atoms with Crippen molar-refractivity contribution in [3.63, 3.8) is 0 Å². The molecule has 0 spiro atoms. The molecule has 1 N–H and O–H groups in total. The maximum atomic E-state index is 5.54. The molecule has 1 saturated heterocycles. The van der Waals surface area contributed by atoms with E-state index in [0.29, 0.717) is 29.7 Å². The van der Waals surface area contributed by atoms with Crippen molar-refractivity contribution < 1.29 is 4.52 Å². The Morgan fingerprint density at radius 3 is 2.67 bits per heavy atom. The second-order valence-corrected chi connectivity index (χ2v) is 9.02. The lowest BCUT2D eigenvalue weighted by Gasteiger charge is -2.40. The Bertz CT molecular complexity index is 1010. The van der Waals surface area contributed by atoms with Crippen molar-refractivity contribution in [3.05, 3.63) is 36.2 Å². The maximum Gasteiger partial charge on any atom is 0.261 e. The van der Waals surface area contributed by atoms with E-state index < -0.39 is 0 Å². The Morgan fingerprint density at radius 2 is 1.90 bits per heavy atom. The number of para-hydroxylation sites is 1. The molecule has 0 radical (unpaired) electrons. The number of aromatic nitrogens is 3. The predicted octanol–water partition coefficient (Wildman–Crippen LogP) is 4.73. The van der Waals surface area contributed by atoms with Crippen LogP contribution in [0.5, 0.6) is 0 Å². The van der Waals surface area contributed by atoms with Crippen molar-refractivity contribution in [2.24, 2.45) is 5.92 Å². The first kappa shape index (κ1) is 19.5. The highest BCUT2D eigenvalue weighted by Gasteiger charge is 2.30. The average Bonchev–Trinajstić information content (AvgIpc) is 3.21. The van der Waals surface area contributed by atoms with Crippen LogP contribution in [0.25, 0.3) is 22.4 Å². The summed E-state index contributed by atoms with van der Waals surface area (Å²) in [6, 6.07) is 11.7. The minimum absolute atomic E-state index is 0.552. The van der Waals surface area contributed by atoms with Gasteiger partial charge in [0.2, 0.25) is 0 Å². The number of nitrogens with one attached hydrogen (secondary N) is 1. The van der Waals surface area contributed by atoms with E-state index in [1.54, 1.807) is 0 Å². The van der Waals surface area contributed by atoms with Gasteiger partial charge in [-0.3, -0.25) is 0 Å². The molecule has 3 aromatic rings. The Kier molecular flexibility index (Phi) is 5.42. The van der Waals surface area contributed by atoms with Crippen LogP contribution in [-0.4, -0.2) is 40.3 Å². The fourth-order valence-corrected chi connectivity index (χ4v) is 5.07. The van der Waals surface area contributed by atoms with Gasteiger partial charge in [0.05, 0.1) is 11.1 Å². The molecule has 2 unspecified atom stereocenters. The molecule has 0 bridgehead atoms. The molecular weight excluding hydrogens is 374 g/mol. The van der Waals surface area contributed by atoms with Gasteiger partial charge in [0.15, 0.2) is 5.82 Å². The Morgan fingerprint density at radius 1 is 1.07 bits per heavy atom.